The SMILES string of the molecule is CC1=NN=NC1.CCCc1ncc[nH]1.Cc1cnc[nH]1.Cc1ncc[nH]1.NC1=NCC(=S)N1.Nc1ncn[nH]1.c1c[nH]cn1.c1ccc2[nH]cnc2c1.c1ccc2n[nH]nc2c1.c1cn[nH]c1.c1nc[nH]n1.c1nn[nH]n1. The molecule has 32 nitrogen and oxygen atoms in total. The zero-order chi connectivity index (χ0) is 55.1. The van der Waals surface area contributed by atoms with Crippen LogP contribution in [0.4, 0.5) is 5.95 Å². The summed E-state index contributed by atoms with van der Waals surface area (Å²) in [5, 5.41) is 53.8. The molecule has 12 aromatic rings. The molecule has 0 spiro atoms. The second-order valence-electron chi connectivity index (χ2n) is 14.0. The summed E-state index contributed by atoms with van der Waals surface area (Å²) in [7, 11) is 0. The summed E-state index contributed by atoms with van der Waals surface area (Å²) in [6.45, 7) is 9.18. The second kappa shape index (κ2) is 40.7. The lowest BCUT2D eigenvalue weighted by molar-refractivity contribution is 0.856. The number of nitrogens with zero attached hydrogens (tertiary/aromatic N) is 19. The molecule has 14 rings (SSSR count). The fourth-order valence-corrected chi connectivity index (χ4v) is 4.77. The van der Waals surface area contributed by atoms with Gasteiger partial charge in [0.1, 0.15) is 53.2 Å². The lowest BCUT2D eigenvalue weighted by Crippen LogP contribution is -2.29. The van der Waals surface area contributed by atoms with E-state index in [1.165, 1.54) is 25.3 Å². The molecule has 2 aromatic carbocycles. The van der Waals surface area contributed by atoms with Gasteiger partial charge in [-0.15, -0.1) is 15.3 Å². The zero-order valence-corrected chi connectivity index (χ0v) is 43.1. The average molecular weight is 1070 g/mol. The summed E-state index contributed by atoms with van der Waals surface area (Å²) in [4.78, 5) is 45.5. The Hall–Kier alpha value is -10.9. The Bertz CT molecular complexity index is 2760. The highest BCUT2D eigenvalue weighted by molar-refractivity contribution is 7.80. The van der Waals surface area contributed by atoms with Crippen LogP contribution >= 0.6 is 12.2 Å². The van der Waals surface area contributed by atoms with Gasteiger partial charge in [0.25, 0.3) is 0 Å². The first kappa shape index (κ1) is 60.4. The van der Waals surface area contributed by atoms with Gasteiger partial charge >= 0.3 is 0 Å². The van der Waals surface area contributed by atoms with E-state index < -0.39 is 0 Å². The number of aryl methyl sites for hydroxylation is 3. The summed E-state index contributed by atoms with van der Waals surface area (Å²) in [5.41, 5.74) is 16.3. The number of anilines is 1. The molecule has 0 saturated heterocycles. The van der Waals surface area contributed by atoms with Crippen molar-refractivity contribution >= 4 is 56.9 Å². The quantitative estimate of drug-likeness (QED) is 0.105. The van der Waals surface area contributed by atoms with Crippen LogP contribution in [0.1, 0.15) is 37.6 Å². The number of rotatable bonds is 2. The molecule has 0 aliphatic carbocycles. The molecular weight excluding hydrogens is 1010 g/mol. The van der Waals surface area contributed by atoms with Crippen LogP contribution in [0.2, 0.25) is 0 Å². The fourth-order valence-electron chi connectivity index (χ4n) is 4.60. The molecule has 0 bridgehead atoms. The molecule has 15 N–H and O–H groups in total. The Morgan fingerprint density at radius 3 is 1.74 bits per heavy atom. The van der Waals surface area contributed by atoms with E-state index in [0.717, 1.165) is 58.0 Å². The fraction of sp³-hybridized carbons (Fsp3) is 0.182. The maximum Gasteiger partial charge on any atom is 0.215 e. The van der Waals surface area contributed by atoms with Crippen LogP contribution < -0.4 is 16.8 Å². The third kappa shape index (κ3) is 32.0. The number of imidazole rings is 5. The third-order valence-electron chi connectivity index (χ3n) is 7.95. The van der Waals surface area contributed by atoms with E-state index in [-0.39, 0.29) is 0 Å². The summed E-state index contributed by atoms with van der Waals surface area (Å²) < 4.78 is 0. The molecule has 0 saturated carbocycles. The highest BCUT2D eigenvalue weighted by Gasteiger charge is 2.03. The summed E-state index contributed by atoms with van der Waals surface area (Å²) >= 11 is 4.69. The van der Waals surface area contributed by atoms with Crippen molar-refractivity contribution in [3.8, 4) is 0 Å². The molecule has 0 amide bonds. The molecule has 2 aliphatic rings. The number of hydrogen-bond donors (Lipinski definition) is 13. The molecule has 77 heavy (non-hydrogen) atoms. The Kier molecular flexibility index (Phi) is 32.0. The first-order valence-corrected chi connectivity index (χ1v) is 23.1. The lowest BCUT2D eigenvalue weighted by Gasteiger charge is -1.88. The topological polar surface area (TPSA) is 465 Å². The molecule has 10 aromatic heterocycles. The summed E-state index contributed by atoms with van der Waals surface area (Å²) in [6, 6.07) is 17.5. The van der Waals surface area contributed by atoms with Gasteiger partial charge in [-0.1, -0.05) is 48.6 Å². The summed E-state index contributed by atoms with van der Waals surface area (Å²) in [5.74, 6) is 2.85. The lowest BCUT2D eigenvalue weighted by atomic mass is 10.3. The van der Waals surface area contributed by atoms with Gasteiger partial charge in [0.2, 0.25) is 5.95 Å². The first-order chi connectivity index (χ1) is 37.7. The number of nitrogens with two attached hydrogens (primary N) is 2. The highest BCUT2D eigenvalue weighted by atomic mass is 32.1. The van der Waals surface area contributed by atoms with E-state index in [9.17, 15) is 0 Å². The van der Waals surface area contributed by atoms with Gasteiger partial charge in [0.05, 0.1) is 42.3 Å². The van der Waals surface area contributed by atoms with E-state index >= 15 is 0 Å². The number of tetrazole rings is 1. The van der Waals surface area contributed by atoms with Gasteiger partial charge in [-0.25, -0.2) is 45.0 Å². The average Bonchev–Trinajstić information content (AvgIpc) is 4.26. The van der Waals surface area contributed by atoms with Crippen molar-refractivity contribution in [2.24, 2.45) is 26.2 Å². The van der Waals surface area contributed by atoms with Gasteiger partial charge in [0, 0.05) is 67.9 Å². The number of fused-ring (bicyclic) bond motifs is 2. The van der Waals surface area contributed by atoms with Crippen molar-refractivity contribution in [2.45, 2.75) is 40.5 Å². The molecule has 0 fully saturated rings. The number of H-pyrrole nitrogens is 10. The van der Waals surface area contributed by atoms with Crippen LogP contribution in [0.5, 0.6) is 0 Å². The van der Waals surface area contributed by atoms with Crippen LogP contribution in [0, 0.1) is 13.8 Å². The second-order valence-corrected chi connectivity index (χ2v) is 14.5. The maximum atomic E-state index is 5.18. The number of nitrogens with one attached hydrogen (secondary N) is 11. The van der Waals surface area contributed by atoms with Crippen molar-refractivity contribution in [1.82, 2.24) is 132 Å². The van der Waals surface area contributed by atoms with E-state index in [1.54, 1.807) is 68.6 Å². The van der Waals surface area contributed by atoms with Crippen LogP contribution in [-0.2, 0) is 6.42 Å². The normalized spacial score (nSPS) is 10.7. The van der Waals surface area contributed by atoms with E-state index in [1.807, 2.05) is 81.6 Å². The number of aromatic nitrogens is 25. The smallest absolute Gasteiger partial charge is 0.215 e. The minimum atomic E-state index is 0.356. The molecular formula is C44H60N32S. The maximum absolute atomic E-state index is 5.18. The van der Waals surface area contributed by atoms with Gasteiger partial charge in [-0.3, -0.25) is 10.2 Å². The Morgan fingerprint density at radius 2 is 1.42 bits per heavy atom. The number of hydrogen-bond acceptors (Lipinski definition) is 22. The number of aromatic amines is 10. The summed E-state index contributed by atoms with van der Waals surface area (Å²) in [6.07, 6.45) is 28.7. The third-order valence-corrected chi connectivity index (χ3v) is 8.18. The van der Waals surface area contributed by atoms with Crippen LogP contribution in [0.25, 0.3) is 22.1 Å². The highest BCUT2D eigenvalue weighted by Crippen LogP contribution is 2.05. The Balaban J connectivity index is 0.000000222. The van der Waals surface area contributed by atoms with Crippen molar-refractivity contribution < 1.29 is 0 Å². The predicted octanol–water partition coefficient (Wildman–Crippen LogP) is 4.59. The zero-order valence-electron chi connectivity index (χ0n) is 42.3. The van der Waals surface area contributed by atoms with E-state index in [4.69, 9.17) is 23.7 Å². The van der Waals surface area contributed by atoms with E-state index in [2.05, 4.69) is 159 Å². The molecule has 0 atom stereocenters. The Morgan fingerprint density at radius 1 is 0.623 bits per heavy atom. The molecule has 12 heterocycles. The van der Waals surface area contributed by atoms with Gasteiger partial charge in [0.15, 0.2) is 12.3 Å². The molecule has 0 radical (unpaired) electrons. The number of thiocarbonyl (C=S) groups is 1. The van der Waals surface area contributed by atoms with Crippen molar-refractivity contribution in [1.29, 1.82) is 0 Å². The van der Waals surface area contributed by atoms with Gasteiger partial charge in [-0.05, 0) is 62.7 Å². The first-order valence-electron chi connectivity index (χ1n) is 22.7. The molecule has 402 valence electrons. The van der Waals surface area contributed by atoms with Gasteiger partial charge < -0.3 is 41.7 Å². The Labute approximate surface area is 444 Å². The van der Waals surface area contributed by atoms with Gasteiger partial charge in [-0.2, -0.15) is 41.0 Å². The largest absolute Gasteiger partial charge is 0.370 e. The standard InChI is InChI=1S/C7H6N2.C6H5N3.C6H10N2.2C4H6N2.C3H5N3S.C3H5N3.2C3H4N2.C2H4N4.C2H3N3.CH2N4/c1-2-4-7-6(3-1)8-5-9-7;1-2-4-6-5(3-1)7-9-8-6;1-2-3-6-7-4-5-8-6;1-4-2-5-3-6-4;1-4-5-2-3-6-4;4-3-5-1-2(7)6-3;1-3-2-4-6-5-3;1-2-5-3-4-1;1-2-4-5-3-1;3-2-4-1-5-6-2;1-3-2-5-4-1;1-2-4-5-3-1/h1-5H,(H,8,9);1-4H,(H,7,8,9);4-5H,2-3H2,1H3,(H,7,8);2*2-3H,1H3,(H,5,6);1H2,(H3,4,5,6,7);2H2,1H3;2*1-3H,(H,4,5);1H,(H3,3,4,5,6);1-2H,(H,3,4,5);1H,(H,2,3,4,5). The van der Waals surface area contributed by atoms with Crippen molar-refractivity contribution in [3.05, 3.63) is 172 Å². The predicted molar refractivity (Wildman–Crippen MR) is 293 cm³/mol. The van der Waals surface area contributed by atoms with Crippen LogP contribution in [0.3, 0.4) is 0 Å². The number of nitrogen functional groups attached to an aromatic ring is 1. The van der Waals surface area contributed by atoms with Crippen LogP contribution in [0.15, 0.2) is 175 Å². The minimum absolute atomic E-state index is 0.356. The number of para-hydroxylation sites is 4. The van der Waals surface area contributed by atoms with Crippen LogP contribution in [-0.4, -0.2) is 156 Å². The van der Waals surface area contributed by atoms with Crippen molar-refractivity contribution in [2.75, 3.05) is 18.8 Å². The molecule has 2 aliphatic heterocycles. The van der Waals surface area contributed by atoms with Crippen molar-refractivity contribution in [3.63, 3.8) is 0 Å². The van der Waals surface area contributed by atoms with E-state index in [0.29, 0.717) is 30.0 Å². The number of aliphatic imine (C=N–C) groups is 1. The number of benzene rings is 2. The number of guanidine groups is 1. The minimum Gasteiger partial charge on any atom is -0.370 e. The monoisotopic (exact) mass is 1070 g/mol. The molecule has 33 heteroatoms. The molecule has 0 unspecified atom stereocenters.